The molecule has 3 aliphatic rings. The van der Waals surface area contributed by atoms with Gasteiger partial charge in [0.25, 0.3) is 0 Å². The van der Waals surface area contributed by atoms with Crippen molar-refractivity contribution < 1.29 is 42.9 Å². The zero-order valence-corrected chi connectivity index (χ0v) is 26.2. The molecule has 1 saturated carbocycles. The van der Waals surface area contributed by atoms with Crippen LogP contribution >= 0.6 is 0 Å². The van der Waals surface area contributed by atoms with E-state index in [1.54, 1.807) is 12.2 Å². The van der Waals surface area contributed by atoms with Gasteiger partial charge in [-0.2, -0.15) is 0 Å². The van der Waals surface area contributed by atoms with Gasteiger partial charge in [0.2, 0.25) is 12.6 Å². The summed E-state index contributed by atoms with van der Waals surface area (Å²) in [4.78, 5) is 50.8. The van der Waals surface area contributed by atoms with Gasteiger partial charge in [0.05, 0.1) is 5.92 Å². The van der Waals surface area contributed by atoms with E-state index in [9.17, 15) is 19.2 Å². The van der Waals surface area contributed by atoms with Gasteiger partial charge in [-0.15, -0.1) is 0 Å². The van der Waals surface area contributed by atoms with Gasteiger partial charge in [0.1, 0.15) is 17.6 Å². The minimum Gasteiger partial charge on any atom is -0.461 e. The number of hydrogen-bond donors (Lipinski definition) is 0. The fraction of sp³-hybridized carbons (Fsp3) is 0.697. The highest BCUT2D eigenvalue weighted by molar-refractivity contribution is 5.72. The lowest BCUT2D eigenvalue weighted by atomic mass is 9.45. The van der Waals surface area contributed by atoms with Crippen molar-refractivity contribution in [3.63, 3.8) is 0 Å². The molecule has 3 rings (SSSR count). The molecule has 0 aromatic heterocycles. The van der Waals surface area contributed by atoms with Gasteiger partial charge in [-0.25, -0.2) is 0 Å². The Labute approximate surface area is 250 Å². The molecule has 9 heteroatoms. The summed E-state index contributed by atoms with van der Waals surface area (Å²) in [6.07, 6.45) is 3.35. The summed E-state index contributed by atoms with van der Waals surface area (Å²) in [5.74, 6) is -2.49. The average molecular weight is 589 g/mol. The summed E-state index contributed by atoms with van der Waals surface area (Å²) in [7, 11) is 0. The van der Waals surface area contributed by atoms with Crippen LogP contribution < -0.4 is 0 Å². The molecule has 0 bridgehead atoms. The monoisotopic (exact) mass is 588 g/mol. The Morgan fingerprint density at radius 2 is 1.74 bits per heavy atom. The molecule has 42 heavy (non-hydrogen) atoms. The molecule has 0 aromatic rings. The van der Waals surface area contributed by atoms with Crippen LogP contribution in [0.25, 0.3) is 0 Å². The molecule has 2 fully saturated rings. The van der Waals surface area contributed by atoms with Crippen molar-refractivity contribution in [3.05, 3.63) is 36.5 Å². The molecular formula is C33H48O9. The summed E-state index contributed by atoms with van der Waals surface area (Å²) >= 11 is 0. The second-order valence-corrected chi connectivity index (χ2v) is 12.4. The Morgan fingerprint density at radius 1 is 1.07 bits per heavy atom. The standard InChI is InChI=1S/C33H48O9/c1-10-13-28(36)41-27-16-21(6)32(9,15-14-19(4)11-2)26-18-24(40-29(37)20(5)12-3)17-25-30(38-22(7)34)42-31(33(25,26)27)39-23(8)35/h11,17,20-21,24,26-27,30-31H,2,4,10,12-16,18H2,1,3,5-9H3/t20-,21+,24-,26-,27-,30-,31+,32+,33+/m1/s1. The number of rotatable bonds is 12. The van der Waals surface area contributed by atoms with E-state index >= 15 is 0 Å². The molecule has 9 atom stereocenters. The van der Waals surface area contributed by atoms with E-state index < -0.39 is 47.6 Å². The van der Waals surface area contributed by atoms with Crippen LogP contribution in [0.4, 0.5) is 0 Å². The molecule has 1 spiro atoms. The normalized spacial score (nSPS) is 34.1. The molecule has 234 valence electrons. The second-order valence-electron chi connectivity index (χ2n) is 12.4. The number of carbonyl (C=O) groups excluding carboxylic acids is 4. The first-order valence-corrected chi connectivity index (χ1v) is 15.2. The van der Waals surface area contributed by atoms with Gasteiger partial charge in [0, 0.05) is 25.8 Å². The predicted octanol–water partition coefficient (Wildman–Crippen LogP) is 5.97. The summed E-state index contributed by atoms with van der Waals surface area (Å²) in [6, 6.07) is 0. The van der Waals surface area contributed by atoms with Gasteiger partial charge in [0.15, 0.2) is 0 Å². The van der Waals surface area contributed by atoms with Crippen molar-refractivity contribution in [1.82, 2.24) is 0 Å². The highest BCUT2D eigenvalue weighted by Crippen LogP contribution is 2.68. The summed E-state index contributed by atoms with van der Waals surface area (Å²) < 4.78 is 30.0. The Bertz CT molecular complexity index is 1110. The van der Waals surface area contributed by atoms with Crippen molar-refractivity contribution in [1.29, 1.82) is 0 Å². The van der Waals surface area contributed by atoms with Crippen LogP contribution in [0.3, 0.4) is 0 Å². The van der Waals surface area contributed by atoms with Crippen LogP contribution in [0, 0.1) is 28.6 Å². The fourth-order valence-electron chi connectivity index (χ4n) is 6.98. The molecule has 0 unspecified atom stereocenters. The molecule has 0 amide bonds. The van der Waals surface area contributed by atoms with E-state index in [4.69, 9.17) is 23.7 Å². The average Bonchev–Trinajstić information content (AvgIpc) is 3.21. The number of esters is 4. The number of hydrogen-bond acceptors (Lipinski definition) is 9. The fourth-order valence-corrected chi connectivity index (χ4v) is 6.98. The molecule has 0 N–H and O–H groups in total. The second kappa shape index (κ2) is 13.6. The predicted molar refractivity (Wildman–Crippen MR) is 155 cm³/mol. The first-order valence-electron chi connectivity index (χ1n) is 15.2. The van der Waals surface area contributed by atoms with E-state index in [2.05, 4.69) is 27.0 Å². The van der Waals surface area contributed by atoms with Crippen molar-refractivity contribution >= 4 is 23.9 Å². The van der Waals surface area contributed by atoms with Crippen molar-refractivity contribution in [2.24, 2.45) is 28.6 Å². The maximum Gasteiger partial charge on any atom is 0.309 e. The van der Waals surface area contributed by atoms with Crippen LogP contribution in [0.5, 0.6) is 0 Å². The van der Waals surface area contributed by atoms with E-state index in [1.807, 2.05) is 20.8 Å². The van der Waals surface area contributed by atoms with Gasteiger partial charge in [-0.3, -0.25) is 23.9 Å². The molecule has 1 aliphatic heterocycles. The Kier molecular flexibility index (Phi) is 10.8. The minimum atomic E-state index is -1.22. The van der Waals surface area contributed by atoms with E-state index in [1.165, 1.54) is 13.8 Å². The van der Waals surface area contributed by atoms with Gasteiger partial charge in [-0.05, 0) is 61.9 Å². The lowest BCUT2D eigenvalue weighted by molar-refractivity contribution is -0.258. The van der Waals surface area contributed by atoms with Crippen LogP contribution in [0.2, 0.25) is 0 Å². The van der Waals surface area contributed by atoms with Crippen LogP contribution in [0.15, 0.2) is 36.5 Å². The van der Waals surface area contributed by atoms with Crippen LogP contribution in [-0.4, -0.2) is 48.7 Å². The molecule has 0 radical (unpaired) electrons. The summed E-state index contributed by atoms with van der Waals surface area (Å²) in [5.41, 5.74) is -0.229. The smallest absolute Gasteiger partial charge is 0.309 e. The van der Waals surface area contributed by atoms with E-state index in [0.717, 1.165) is 5.57 Å². The highest BCUT2D eigenvalue weighted by Gasteiger charge is 2.72. The zero-order valence-electron chi connectivity index (χ0n) is 26.2. The SMILES string of the molecule is C=CC(=C)CC[C@]1(C)[C@H]2C[C@H](OC(=O)[C@H](C)CC)C=C3[C@H](OC(C)=O)O[C@H](OC(C)=O)[C@@]32[C@H](OC(=O)CCC)C[C@@H]1C. The van der Waals surface area contributed by atoms with Crippen molar-refractivity contribution in [3.8, 4) is 0 Å². The zero-order chi connectivity index (χ0) is 31.4. The third kappa shape index (κ3) is 6.51. The maximum absolute atomic E-state index is 13.0. The number of ether oxygens (including phenoxy) is 5. The van der Waals surface area contributed by atoms with Gasteiger partial charge < -0.3 is 18.9 Å². The number of allylic oxidation sites excluding steroid dienone is 2. The minimum absolute atomic E-state index is 0.0428. The van der Waals surface area contributed by atoms with Crippen LogP contribution in [-0.2, 0) is 42.9 Å². The Hall–Kier alpha value is -2.94. The molecule has 1 saturated heterocycles. The maximum atomic E-state index is 13.0. The molecule has 0 aromatic carbocycles. The third-order valence-corrected chi connectivity index (χ3v) is 9.65. The molecular weight excluding hydrogens is 540 g/mol. The Balaban J connectivity index is 2.28. The molecule has 9 nitrogen and oxygen atoms in total. The first-order chi connectivity index (χ1) is 19.7. The quantitative estimate of drug-likeness (QED) is 0.118. The molecule has 1 heterocycles. The molecule has 2 aliphatic carbocycles. The Morgan fingerprint density at radius 3 is 2.31 bits per heavy atom. The topological polar surface area (TPSA) is 114 Å². The van der Waals surface area contributed by atoms with Crippen molar-refractivity contribution in [2.45, 2.75) is 118 Å². The van der Waals surface area contributed by atoms with Gasteiger partial charge in [-0.1, -0.05) is 59.4 Å². The first kappa shape index (κ1) is 33.6. The lowest BCUT2D eigenvalue weighted by Crippen LogP contribution is -2.64. The lowest BCUT2D eigenvalue weighted by Gasteiger charge is -2.61. The van der Waals surface area contributed by atoms with Crippen LogP contribution in [0.1, 0.15) is 93.4 Å². The number of carbonyl (C=O) groups is 4. The van der Waals surface area contributed by atoms with Crippen molar-refractivity contribution in [2.75, 3.05) is 0 Å². The van der Waals surface area contributed by atoms with E-state index in [-0.39, 0.29) is 36.1 Å². The summed E-state index contributed by atoms with van der Waals surface area (Å²) in [6.45, 7) is 20.5. The largest absolute Gasteiger partial charge is 0.461 e. The third-order valence-electron chi connectivity index (χ3n) is 9.65. The summed E-state index contributed by atoms with van der Waals surface area (Å²) in [5, 5.41) is 0. The van der Waals surface area contributed by atoms with E-state index in [0.29, 0.717) is 44.1 Å². The highest BCUT2D eigenvalue weighted by atomic mass is 16.8. The van der Waals surface area contributed by atoms with Gasteiger partial charge >= 0.3 is 23.9 Å².